The molecule has 1 aliphatic heterocycles. The van der Waals surface area contributed by atoms with Crippen LogP contribution in [-0.2, 0) is 11.2 Å². The number of anilines is 2. The van der Waals surface area contributed by atoms with Crippen molar-refractivity contribution in [2.75, 3.05) is 30.7 Å². The molecule has 5 heteroatoms. The molecule has 0 unspecified atom stereocenters. The zero-order valence-electron chi connectivity index (χ0n) is 17.0. The van der Waals surface area contributed by atoms with Crippen LogP contribution in [0.15, 0.2) is 54.6 Å². The van der Waals surface area contributed by atoms with Gasteiger partial charge in [0.25, 0.3) is 0 Å². The maximum absolute atomic E-state index is 12.6. The highest BCUT2D eigenvalue weighted by molar-refractivity contribution is 5.68. The normalized spacial score (nSPS) is 19.5. The van der Waals surface area contributed by atoms with Gasteiger partial charge < -0.3 is 20.7 Å². The van der Waals surface area contributed by atoms with Crippen molar-refractivity contribution in [1.29, 1.82) is 0 Å². The Morgan fingerprint density at radius 3 is 2.50 bits per heavy atom. The van der Waals surface area contributed by atoms with Crippen LogP contribution in [0.1, 0.15) is 26.3 Å². The summed E-state index contributed by atoms with van der Waals surface area (Å²) in [5.41, 5.74) is 8.45. The van der Waals surface area contributed by atoms with E-state index in [9.17, 15) is 4.79 Å². The second-order valence-corrected chi connectivity index (χ2v) is 8.60. The summed E-state index contributed by atoms with van der Waals surface area (Å²) in [6.45, 7) is 7.92. The van der Waals surface area contributed by atoms with Crippen LogP contribution in [0.25, 0.3) is 0 Å². The Bertz CT molecular complexity index is 786. The zero-order chi connectivity index (χ0) is 20.1. The number of ether oxygens (including phenoxy) is 1. The van der Waals surface area contributed by atoms with Crippen LogP contribution in [0, 0.1) is 11.8 Å². The Labute approximate surface area is 167 Å². The number of carbonyl (C=O) groups excluding carboxylic acids is 1. The van der Waals surface area contributed by atoms with Crippen LogP contribution in [0.2, 0.25) is 0 Å². The second-order valence-electron chi connectivity index (χ2n) is 8.60. The molecule has 1 amide bonds. The van der Waals surface area contributed by atoms with Gasteiger partial charge in [0, 0.05) is 31.0 Å². The number of rotatable bonds is 5. The van der Waals surface area contributed by atoms with Crippen molar-refractivity contribution in [1.82, 2.24) is 4.90 Å². The molecule has 2 atom stereocenters. The fourth-order valence-electron chi connectivity index (χ4n) is 3.69. The van der Waals surface area contributed by atoms with E-state index < -0.39 is 5.60 Å². The number of nitrogens with zero attached hydrogens (tertiary/aromatic N) is 1. The Hall–Kier alpha value is -2.69. The summed E-state index contributed by atoms with van der Waals surface area (Å²) in [5.74, 6) is 0.720. The van der Waals surface area contributed by atoms with Gasteiger partial charge in [0.2, 0.25) is 0 Å². The van der Waals surface area contributed by atoms with E-state index in [0.717, 1.165) is 24.3 Å². The summed E-state index contributed by atoms with van der Waals surface area (Å²) in [6, 6.07) is 18.2. The van der Waals surface area contributed by atoms with Crippen molar-refractivity contribution >= 4 is 17.5 Å². The summed E-state index contributed by atoms with van der Waals surface area (Å²) in [6.07, 6.45) is 0.723. The molecule has 0 aromatic heterocycles. The molecule has 0 radical (unpaired) electrons. The predicted octanol–water partition coefficient (Wildman–Crippen LogP) is 4.41. The minimum atomic E-state index is -0.482. The second kappa shape index (κ2) is 8.55. The average molecular weight is 382 g/mol. The molecule has 2 aromatic rings. The van der Waals surface area contributed by atoms with Gasteiger partial charge in [-0.05, 0) is 62.8 Å². The molecule has 0 aliphatic carbocycles. The van der Waals surface area contributed by atoms with E-state index in [0.29, 0.717) is 24.9 Å². The number of nitrogen functional groups attached to an aromatic ring is 1. The van der Waals surface area contributed by atoms with Gasteiger partial charge in [0.15, 0.2) is 0 Å². The number of nitrogens with one attached hydrogen (secondary N) is 1. The third kappa shape index (κ3) is 5.65. The monoisotopic (exact) mass is 381 g/mol. The molecule has 1 aliphatic rings. The first-order chi connectivity index (χ1) is 13.3. The van der Waals surface area contributed by atoms with E-state index in [-0.39, 0.29) is 6.09 Å². The van der Waals surface area contributed by atoms with Gasteiger partial charge in [-0.15, -0.1) is 0 Å². The molecule has 150 valence electrons. The van der Waals surface area contributed by atoms with Crippen molar-refractivity contribution in [2.45, 2.75) is 32.8 Å². The number of hydrogen-bond acceptors (Lipinski definition) is 4. The lowest BCUT2D eigenvalue weighted by molar-refractivity contribution is 0.0284. The highest BCUT2D eigenvalue weighted by atomic mass is 16.6. The summed E-state index contributed by atoms with van der Waals surface area (Å²) < 4.78 is 5.60. The minimum absolute atomic E-state index is 0.225. The maximum atomic E-state index is 12.6. The average Bonchev–Trinajstić information content (AvgIpc) is 3.02. The van der Waals surface area contributed by atoms with Crippen molar-refractivity contribution in [3.63, 3.8) is 0 Å². The standard InChI is InChI=1S/C23H31N3O2/c1-23(2,3)28-22(27)26-15-18(12-17-8-5-4-6-9-17)19(16-26)14-25-21-11-7-10-20(24)13-21/h4-11,13,18-19,25H,12,14-16,24H2,1-3H3/t18-,19-/m0/s1. The Balaban J connectivity index is 1.68. The Morgan fingerprint density at radius 1 is 1.11 bits per heavy atom. The van der Waals surface area contributed by atoms with Crippen LogP contribution >= 0.6 is 0 Å². The highest BCUT2D eigenvalue weighted by Crippen LogP contribution is 2.29. The number of nitrogens with two attached hydrogens (primary N) is 1. The summed E-state index contributed by atoms with van der Waals surface area (Å²) in [7, 11) is 0. The highest BCUT2D eigenvalue weighted by Gasteiger charge is 2.36. The molecular formula is C23H31N3O2. The van der Waals surface area contributed by atoms with Crippen LogP contribution in [-0.4, -0.2) is 36.2 Å². The van der Waals surface area contributed by atoms with Gasteiger partial charge in [-0.3, -0.25) is 0 Å². The van der Waals surface area contributed by atoms with Crippen LogP contribution < -0.4 is 11.1 Å². The van der Waals surface area contributed by atoms with E-state index in [4.69, 9.17) is 10.5 Å². The third-order valence-electron chi connectivity index (χ3n) is 5.02. The van der Waals surface area contributed by atoms with Gasteiger partial charge in [0.1, 0.15) is 5.60 Å². The molecule has 28 heavy (non-hydrogen) atoms. The maximum Gasteiger partial charge on any atom is 0.410 e. The molecule has 5 nitrogen and oxygen atoms in total. The summed E-state index contributed by atoms with van der Waals surface area (Å²) in [5, 5.41) is 3.49. The van der Waals surface area contributed by atoms with Gasteiger partial charge in [0.05, 0.1) is 0 Å². The Morgan fingerprint density at radius 2 is 1.82 bits per heavy atom. The number of hydrogen-bond donors (Lipinski definition) is 2. The fraction of sp³-hybridized carbons (Fsp3) is 0.435. The lowest BCUT2D eigenvalue weighted by Crippen LogP contribution is -2.35. The van der Waals surface area contributed by atoms with Crippen molar-refractivity contribution in [2.24, 2.45) is 11.8 Å². The number of amides is 1. The van der Waals surface area contributed by atoms with E-state index >= 15 is 0 Å². The smallest absolute Gasteiger partial charge is 0.410 e. The molecule has 1 heterocycles. The van der Waals surface area contributed by atoms with Crippen molar-refractivity contribution < 1.29 is 9.53 Å². The quantitative estimate of drug-likeness (QED) is 0.753. The SMILES string of the molecule is CC(C)(C)OC(=O)N1C[C@H](CNc2cccc(N)c2)[C@@H](Cc2ccccc2)C1. The fourth-order valence-corrected chi connectivity index (χ4v) is 3.69. The van der Waals surface area contributed by atoms with Crippen LogP contribution in [0.3, 0.4) is 0 Å². The van der Waals surface area contributed by atoms with E-state index in [1.165, 1.54) is 5.56 Å². The summed E-state index contributed by atoms with van der Waals surface area (Å²) >= 11 is 0. The van der Waals surface area contributed by atoms with Crippen molar-refractivity contribution in [3.05, 3.63) is 60.2 Å². The lowest BCUT2D eigenvalue weighted by Gasteiger charge is -2.24. The van der Waals surface area contributed by atoms with Crippen molar-refractivity contribution in [3.8, 4) is 0 Å². The minimum Gasteiger partial charge on any atom is -0.444 e. The van der Waals surface area contributed by atoms with Gasteiger partial charge >= 0.3 is 6.09 Å². The topological polar surface area (TPSA) is 67.6 Å². The molecule has 2 aromatic carbocycles. The molecule has 1 fully saturated rings. The van der Waals surface area contributed by atoms with E-state index in [1.807, 2.05) is 56.0 Å². The van der Waals surface area contributed by atoms with Crippen LogP contribution in [0.4, 0.5) is 16.2 Å². The first-order valence-electron chi connectivity index (χ1n) is 9.91. The molecular weight excluding hydrogens is 350 g/mol. The molecule has 0 spiro atoms. The molecule has 0 bridgehead atoms. The third-order valence-corrected chi connectivity index (χ3v) is 5.02. The van der Waals surface area contributed by atoms with Gasteiger partial charge in [-0.25, -0.2) is 4.79 Å². The first kappa shape index (κ1) is 20.1. The van der Waals surface area contributed by atoms with Crippen LogP contribution in [0.5, 0.6) is 0 Å². The van der Waals surface area contributed by atoms with Gasteiger partial charge in [-0.2, -0.15) is 0 Å². The van der Waals surface area contributed by atoms with Gasteiger partial charge in [-0.1, -0.05) is 36.4 Å². The largest absolute Gasteiger partial charge is 0.444 e. The molecule has 3 N–H and O–H groups in total. The Kier molecular flexibility index (Phi) is 6.12. The van der Waals surface area contributed by atoms with E-state index in [1.54, 1.807) is 0 Å². The molecule has 0 saturated carbocycles. The number of likely N-dealkylation sites (tertiary alicyclic amines) is 1. The van der Waals surface area contributed by atoms with E-state index in [2.05, 4.69) is 29.6 Å². The zero-order valence-corrected chi connectivity index (χ0v) is 17.0. The number of benzene rings is 2. The predicted molar refractivity (Wildman–Crippen MR) is 114 cm³/mol. The number of carbonyl (C=O) groups is 1. The summed E-state index contributed by atoms with van der Waals surface area (Å²) in [4.78, 5) is 14.4. The molecule has 1 saturated heterocycles. The first-order valence-corrected chi connectivity index (χ1v) is 9.91. The lowest BCUT2D eigenvalue weighted by atomic mass is 9.89. The molecule has 3 rings (SSSR count).